The molecule has 0 N–H and O–H groups in total. The topological polar surface area (TPSA) is 65.2 Å². The van der Waals surface area contributed by atoms with Gasteiger partial charge in [0.1, 0.15) is 5.41 Å². The highest BCUT2D eigenvalue weighted by atomic mass is 32.2. The minimum Gasteiger partial charge on any atom is -0.468 e. The second kappa shape index (κ2) is 3.27. The molecule has 1 heterocycles. The van der Waals surface area contributed by atoms with E-state index < -0.39 is 5.41 Å². The van der Waals surface area contributed by atoms with Crippen molar-refractivity contribution >= 4 is 17.7 Å². The van der Waals surface area contributed by atoms with Gasteiger partial charge in [-0.05, 0) is 19.1 Å². The van der Waals surface area contributed by atoms with Gasteiger partial charge in [-0.3, -0.25) is 4.79 Å². The first-order valence-electron chi connectivity index (χ1n) is 4.19. The minimum absolute atomic E-state index is 0.284. The lowest BCUT2D eigenvalue weighted by molar-refractivity contribution is -0.144. The second-order valence-corrected chi connectivity index (χ2v) is 3.91. The molecule has 1 aliphatic carbocycles. The smallest absolute Gasteiger partial charge is 0.321 e. The Morgan fingerprint density at radius 3 is 2.71 bits per heavy atom. The van der Waals surface area contributed by atoms with Gasteiger partial charge in [0.15, 0.2) is 0 Å². The standard InChI is InChI=1S/C8H10N2O3S/c1-12-6(11)8(3-4-8)5-9-10-7(13-5)14-2/h3-4H2,1-2H3. The first-order valence-corrected chi connectivity index (χ1v) is 5.42. The number of esters is 1. The summed E-state index contributed by atoms with van der Waals surface area (Å²) in [5, 5.41) is 8.13. The lowest BCUT2D eigenvalue weighted by Gasteiger charge is -2.05. The Kier molecular flexibility index (Phi) is 2.22. The predicted molar refractivity (Wildman–Crippen MR) is 49.0 cm³/mol. The van der Waals surface area contributed by atoms with Crippen LogP contribution in [0.3, 0.4) is 0 Å². The average Bonchev–Trinajstić information content (AvgIpc) is 2.89. The molecule has 76 valence electrons. The van der Waals surface area contributed by atoms with E-state index in [1.54, 1.807) is 0 Å². The van der Waals surface area contributed by atoms with Crippen molar-refractivity contribution in [2.45, 2.75) is 23.5 Å². The molecule has 5 nitrogen and oxygen atoms in total. The molecule has 1 saturated carbocycles. The number of thioether (sulfide) groups is 1. The quantitative estimate of drug-likeness (QED) is 0.552. The second-order valence-electron chi connectivity index (χ2n) is 3.15. The van der Waals surface area contributed by atoms with Gasteiger partial charge < -0.3 is 9.15 Å². The Hall–Kier alpha value is -1.04. The van der Waals surface area contributed by atoms with Crippen LogP contribution >= 0.6 is 11.8 Å². The molecule has 1 aromatic heterocycles. The molecule has 1 aromatic rings. The molecule has 0 aromatic carbocycles. The predicted octanol–water partition coefficient (Wildman–Crippen LogP) is 0.996. The van der Waals surface area contributed by atoms with Crippen molar-refractivity contribution in [3.05, 3.63) is 5.89 Å². The maximum absolute atomic E-state index is 11.4. The van der Waals surface area contributed by atoms with Crippen molar-refractivity contribution in [2.75, 3.05) is 13.4 Å². The fourth-order valence-corrected chi connectivity index (χ4v) is 1.60. The van der Waals surface area contributed by atoms with Gasteiger partial charge in [-0.2, -0.15) is 0 Å². The summed E-state index contributed by atoms with van der Waals surface area (Å²) in [4.78, 5) is 11.4. The maximum atomic E-state index is 11.4. The largest absolute Gasteiger partial charge is 0.468 e. The molecule has 0 unspecified atom stereocenters. The van der Waals surface area contributed by atoms with Crippen LogP contribution in [0.15, 0.2) is 9.64 Å². The van der Waals surface area contributed by atoms with Crippen LogP contribution in [0.5, 0.6) is 0 Å². The van der Waals surface area contributed by atoms with Crippen molar-refractivity contribution in [2.24, 2.45) is 0 Å². The van der Waals surface area contributed by atoms with E-state index in [1.165, 1.54) is 18.9 Å². The van der Waals surface area contributed by atoms with Gasteiger partial charge >= 0.3 is 5.97 Å². The summed E-state index contributed by atoms with van der Waals surface area (Å²) in [6.45, 7) is 0. The van der Waals surface area contributed by atoms with Crippen molar-refractivity contribution < 1.29 is 13.9 Å². The number of nitrogens with zero attached hydrogens (tertiary/aromatic N) is 2. The van der Waals surface area contributed by atoms with Crippen LogP contribution in [0, 0.1) is 0 Å². The highest BCUT2D eigenvalue weighted by molar-refractivity contribution is 7.98. The van der Waals surface area contributed by atoms with Gasteiger partial charge in [0, 0.05) is 0 Å². The van der Waals surface area contributed by atoms with Crippen LogP contribution in [-0.2, 0) is 14.9 Å². The molecule has 0 radical (unpaired) electrons. The van der Waals surface area contributed by atoms with Gasteiger partial charge in [0.25, 0.3) is 5.22 Å². The van der Waals surface area contributed by atoms with E-state index in [2.05, 4.69) is 10.2 Å². The third-order valence-corrected chi connectivity index (χ3v) is 2.83. The number of carbonyl (C=O) groups is 1. The molecule has 14 heavy (non-hydrogen) atoms. The summed E-state index contributed by atoms with van der Waals surface area (Å²) in [6, 6.07) is 0. The van der Waals surface area contributed by atoms with Crippen LogP contribution in [0.2, 0.25) is 0 Å². The SMILES string of the molecule is COC(=O)C1(c2nnc(SC)o2)CC1. The molecular weight excluding hydrogens is 204 g/mol. The van der Waals surface area contributed by atoms with E-state index in [1.807, 2.05) is 6.26 Å². The van der Waals surface area contributed by atoms with Crippen LogP contribution in [0.4, 0.5) is 0 Å². The highest BCUT2D eigenvalue weighted by Gasteiger charge is 2.57. The Balaban J connectivity index is 2.26. The Morgan fingerprint density at radius 2 is 2.29 bits per heavy atom. The molecule has 6 heteroatoms. The first-order chi connectivity index (χ1) is 6.73. The third-order valence-electron chi connectivity index (χ3n) is 2.32. The number of ether oxygens (including phenoxy) is 1. The summed E-state index contributed by atoms with van der Waals surface area (Å²) >= 11 is 1.36. The van der Waals surface area contributed by atoms with E-state index in [0.29, 0.717) is 11.1 Å². The Bertz CT molecular complexity index is 359. The number of hydrogen-bond acceptors (Lipinski definition) is 6. The zero-order valence-electron chi connectivity index (χ0n) is 7.94. The lowest BCUT2D eigenvalue weighted by atomic mass is 10.1. The average molecular weight is 214 g/mol. The van der Waals surface area contributed by atoms with Gasteiger partial charge in [-0.25, -0.2) is 0 Å². The third kappa shape index (κ3) is 1.30. The summed E-state index contributed by atoms with van der Waals surface area (Å²) in [7, 11) is 1.37. The number of carbonyl (C=O) groups excluding carboxylic acids is 1. The summed E-state index contributed by atoms with van der Waals surface area (Å²) in [5.74, 6) is 0.0995. The van der Waals surface area contributed by atoms with E-state index in [-0.39, 0.29) is 5.97 Å². The van der Waals surface area contributed by atoms with E-state index >= 15 is 0 Å². The monoisotopic (exact) mass is 214 g/mol. The molecule has 1 fully saturated rings. The molecular formula is C8H10N2O3S. The van der Waals surface area contributed by atoms with Gasteiger partial charge in [-0.15, -0.1) is 10.2 Å². The summed E-state index contributed by atoms with van der Waals surface area (Å²) in [5.41, 5.74) is -0.643. The zero-order chi connectivity index (χ0) is 10.2. The van der Waals surface area contributed by atoms with E-state index in [4.69, 9.17) is 9.15 Å². The van der Waals surface area contributed by atoms with E-state index in [0.717, 1.165) is 12.8 Å². The van der Waals surface area contributed by atoms with Crippen molar-refractivity contribution in [1.82, 2.24) is 10.2 Å². The molecule has 0 amide bonds. The maximum Gasteiger partial charge on any atom is 0.321 e. The Labute approximate surface area is 85.2 Å². The van der Waals surface area contributed by atoms with Crippen molar-refractivity contribution in [1.29, 1.82) is 0 Å². The van der Waals surface area contributed by atoms with Crippen LogP contribution in [0.25, 0.3) is 0 Å². The molecule has 0 bridgehead atoms. The zero-order valence-corrected chi connectivity index (χ0v) is 8.76. The Morgan fingerprint density at radius 1 is 1.57 bits per heavy atom. The minimum atomic E-state index is -0.643. The lowest BCUT2D eigenvalue weighted by Crippen LogP contribution is -2.22. The molecule has 1 aliphatic rings. The van der Waals surface area contributed by atoms with Gasteiger partial charge in [0.05, 0.1) is 7.11 Å². The highest BCUT2D eigenvalue weighted by Crippen LogP contribution is 2.48. The number of hydrogen-bond donors (Lipinski definition) is 0. The summed E-state index contributed by atoms with van der Waals surface area (Å²) < 4.78 is 10.0. The van der Waals surface area contributed by atoms with E-state index in [9.17, 15) is 4.79 Å². The fourth-order valence-electron chi connectivity index (χ4n) is 1.31. The first kappa shape index (κ1) is 9.51. The van der Waals surface area contributed by atoms with Crippen LogP contribution < -0.4 is 0 Å². The molecule has 0 aliphatic heterocycles. The number of methoxy groups -OCH3 is 1. The normalized spacial score (nSPS) is 17.9. The number of aromatic nitrogens is 2. The van der Waals surface area contributed by atoms with Gasteiger partial charge in [0.2, 0.25) is 5.89 Å². The van der Waals surface area contributed by atoms with Crippen LogP contribution in [-0.4, -0.2) is 29.5 Å². The molecule has 0 spiro atoms. The summed E-state index contributed by atoms with van der Waals surface area (Å²) in [6.07, 6.45) is 3.31. The van der Waals surface area contributed by atoms with Crippen LogP contribution in [0.1, 0.15) is 18.7 Å². The van der Waals surface area contributed by atoms with Gasteiger partial charge in [-0.1, -0.05) is 11.8 Å². The molecule has 2 rings (SSSR count). The van der Waals surface area contributed by atoms with Crippen molar-refractivity contribution in [3.63, 3.8) is 0 Å². The molecule has 0 atom stereocenters. The van der Waals surface area contributed by atoms with Crippen molar-refractivity contribution in [3.8, 4) is 0 Å². The molecule has 0 saturated heterocycles. The fraction of sp³-hybridized carbons (Fsp3) is 0.625. The number of rotatable bonds is 3.